The van der Waals surface area contributed by atoms with Gasteiger partial charge < -0.3 is 10.1 Å². The van der Waals surface area contributed by atoms with E-state index in [1.165, 1.54) is 25.1 Å². The van der Waals surface area contributed by atoms with Crippen LogP contribution in [0.15, 0.2) is 16.7 Å². The molecule has 1 aliphatic carbocycles. The van der Waals surface area contributed by atoms with Crippen LogP contribution < -0.4 is 5.32 Å². The topological polar surface area (TPSA) is 77.3 Å². The van der Waals surface area contributed by atoms with Crippen LogP contribution in [-0.4, -0.2) is 29.7 Å². The lowest BCUT2D eigenvalue weighted by Crippen LogP contribution is -2.12. The maximum atomic E-state index is 10.8. The molecule has 0 amide bonds. The Morgan fingerprint density at radius 1 is 1.61 bits per heavy atom. The van der Waals surface area contributed by atoms with Crippen LogP contribution in [-0.2, 0) is 4.74 Å². The number of aromatic nitrogens is 1. The van der Waals surface area contributed by atoms with E-state index in [4.69, 9.17) is 4.74 Å². The van der Waals surface area contributed by atoms with Crippen LogP contribution >= 0.6 is 15.9 Å². The van der Waals surface area contributed by atoms with Crippen molar-refractivity contribution in [3.8, 4) is 0 Å². The summed E-state index contributed by atoms with van der Waals surface area (Å²) in [4.78, 5) is 14.4. The Kier molecular flexibility index (Phi) is 4.48. The minimum atomic E-state index is -0.453. The average molecular weight is 316 g/mol. The van der Waals surface area contributed by atoms with Crippen LogP contribution in [0, 0.1) is 16.0 Å². The molecule has 1 aromatic heterocycles. The molecule has 6 nitrogen and oxygen atoms in total. The van der Waals surface area contributed by atoms with E-state index in [0.717, 1.165) is 12.5 Å². The second-order valence-electron chi connectivity index (χ2n) is 4.22. The highest BCUT2D eigenvalue weighted by Crippen LogP contribution is 2.28. The number of nitrogens with zero attached hydrogens (tertiary/aromatic N) is 2. The van der Waals surface area contributed by atoms with Crippen molar-refractivity contribution < 1.29 is 9.66 Å². The van der Waals surface area contributed by atoms with Crippen molar-refractivity contribution in [2.24, 2.45) is 5.92 Å². The Labute approximate surface area is 113 Å². The average Bonchev–Trinajstić information content (AvgIpc) is 3.14. The maximum Gasteiger partial charge on any atom is 0.312 e. The van der Waals surface area contributed by atoms with E-state index in [9.17, 15) is 10.1 Å². The Morgan fingerprint density at radius 3 is 3.06 bits per heavy atom. The van der Waals surface area contributed by atoms with Gasteiger partial charge in [-0.25, -0.2) is 4.98 Å². The van der Waals surface area contributed by atoms with E-state index < -0.39 is 4.92 Å². The van der Waals surface area contributed by atoms with Gasteiger partial charge in [-0.15, -0.1) is 0 Å². The first-order chi connectivity index (χ1) is 8.66. The molecule has 7 heteroatoms. The van der Waals surface area contributed by atoms with Gasteiger partial charge in [0.2, 0.25) is 5.82 Å². The van der Waals surface area contributed by atoms with Crippen LogP contribution in [0.2, 0.25) is 0 Å². The molecule has 1 aromatic rings. The number of anilines is 1. The molecule has 0 saturated heterocycles. The Bertz CT molecular complexity index is 438. The highest BCUT2D eigenvalue weighted by molar-refractivity contribution is 9.10. The molecule has 0 unspecified atom stereocenters. The number of halogens is 1. The third-order valence-electron chi connectivity index (χ3n) is 2.62. The van der Waals surface area contributed by atoms with Gasteiger partial charge in [-0.2, -0.15) is 0 Å². The molecule has 0 radical (unpaired) electrons. The van der Waals surface area contributed by atoms with Crippen LogP contribution in [0.25, 0.3) is 0 Å². The fraction of sp³-hybridized carbons (Fsp3) is 0.545. The van der Waals surface area contributed by atoms with Crippen molar-refractivity contribution in [3.05, 3.63) is 26.9 Å². The molecule has 0 bridgehead atoms. The molecular weight excluding hydrogens is 302 g/mol. The van der Waals surface area contributed by atoms with Crippen molar-refractivity contribution in [3.63, 3.8) is 0 Å². The SMILES string of the molecule is O=[N+]([O-])c1cc(Br)cnc1NCCOCC1CC1. The van der Waals surface area contributed by atoms with E-state index in [-0.39, 0.29) is 11.5 Å². The summed E-state index contributed by atoms with van der Waals surface area (Å²) in [6, 6.07) is 1.43. The lowest BCUT2D eigenvalue weighted by Gasteiger charge is -2.06. The predicted octanol–water partition coefficient (Wildman–Crippen LogP) is 2.59. The van der Waals surface area contributed by atoms with Gasteiger partial charge in [0.25, 0.3) is 0 Å². The molecule has 0 aliphatic heterocycles. The first kappa shape index (κ1) is 13.2. The molecule has 1 saturated carbocycles. The highest BCUT2D eigenvalue weighted by Gasteiger charge is 2.21. The van der Waals surface area contributed by atoms with E-state index in [1.807, 2.05) is 0 Å². The van der Waals surface area contributed by atoms with Crippen LogP contribution in [0.4, 0.5) is 11.5 Å². The Morgan fingerprint density at radius 2 is 2.39 bits per heavy atom. The largest absolute Gasteiger partial charge is 0.379 e. The smallest absolute Gasteiger partial charge is 0.312 e. The zero-order valence-electron chi connectivity index (χ0n) is 9.76. The predicted molar refractivity (Wildman–Crippen MR) is 70.6 cm³/mol. The summed E-state index contributed by atoms with van der Waals surface area (Å²) < 4.78 is 6.02. The summed E-state index contributed by atoms with van der Waals surface area (Å²) in [5, 5.41) is 13.8. The van der Waals surface area contributed by atoms with Gasteiger partial charge in [-0.3, -0.25) is 10.1 Å². The number of rotatable bonds is 7. The third-order valence-corrected chi connectivity index (χ3v) is 3.05. The molecule has 2 rings (SSSR count). The number of hydrogen-bond donors (Lipinski definition) is 1. The van der Waals surface area contributed by atoms with E-state index in [2.05, 4.69) is 26.2 Å². The normalized spacial score (nSPS) is 14.5. The standard InChI is InChI=1S/C11H14BrN3O3/c12-9-5-10(15(16)17)11(14-6-9)13-3-4-18-7-8-1-2-8/h5-6,8H,1-4,7H2,(H,13,14). The fourth-order valence-corrected chi connectivity index (χ4v) is 1.80. The summed E-state index contributed by atoms with van der Waals surface area (Å²) in [6.45, 7) is 1.84. The number of nitro groups is 1. The second-order valence-corrected chi connectivity index (χ2v) is 5.14. The molecule has 18 heavy (non-hydrogen) atoms. The molecule has 1 aliphatic rings. The van der Waals surface area contributed by atoms with Gasteiger partial charge in [-0.05, 0) is 34.7 Å². The van der Waals surface area contributed by atoms with Gasteiger partial charge in [-0.1, -0.05) is 0 Å². The molecule has 1 fully saturated rings. The van der Waals surface area contributed by atoms with E-state index in [1.54, 1.807) is 0 Å². The van der Waals surface area contributed by atoms with E-state index in [0.29, 0.717) is 17.6 Å². The summed E-state index contributed by atoms with van der Waals surface area (Å²) in [5.41, 5.74) is -0.0356. The summed E-state index contributed by atoms with van der Waals surface area (Å²) in [5.74, 6) is 1.00. The number of nitrogens with one attached hydrogen (secondary N) is 1. The molecule has 0 spiro atoms. The zero-order valence-corrected chi connectivity index (χ0v) is 11.4. The third kappa shape index (κ3) is 3.92. The van der Waals surface area contributed by atoms with Gasteiger partial charge in [0, 0.05) is 29.9 Å². The zero-order chi connectivity index (χ0) is 13.0. The van der Waals surface area contributed by atoms with Gasteiger partial charge in [0.05, 0.1) is 11.5 Å². The fourth-order valence-electron chi connectivity index (χ4n) is 1.48. The Hall–Kier alpha value is -1.21. The van der Waals surface area contributed by atoms with Crippen molar-refractivity contribution in [1.82, 2.24) is 4.98 Å². The number of hydrogen-bond acceptors (Lipinski definition) is 5. The molecule has 1 heterocycles. The monoisotopic (exact) mass is 315 g/mol. The molecule has 0 aromatic carbocycles. The second kappa shape index (κ2) is 6.10. The van der Waals surface area contributed by atoms with Crippen LogP contribution in [0.5, 0.6) is 0 Å². The molecular formula is C11H14BrN3O3. The van der Waals surface area contributed by atoms with Gasteiger partial charge >= 0.3 is 5.69 Å². The molecule has 98 valence electrons. The Balaban J connectivity index is 1.81. The molecule has 1 N–H and O–H groups in total. The van der Waals surface area contributed by atoms with E-state index >= 15 is 0 Å². The lowest BCUT2D eigenvalue weighted by molar-refractivity contribution is -0.384. The summed E-state index contributed by atoms with van der Waals surface area (Å²) >= 11 is 3.16. The minimum absolute atomic E-state index is 0.0356. The van der Waals surface area contributed by atoms with Crippen molar-refractivity contribution in [1.29, 1.82) is 0 Å². The molecule has 0 atom stereocenters. The minimum Gasteiger partial charge on any atom is -0.379 e. The van der Waals surface area contributed by atoms with Crippen LogP contribution in [0.3, 0.4) is 0 Å². The maximum absolute atomic E-state index is 10.8. The number of ether oxygens (including phenoxy) is 1. The summed E-state index contributed by atoms with van der Waals surface area (Å²) in [6.07, 6.45) is 4.04. The first-order valence-corrected chi connectivity index (χ1v) is 6.57. The highest BCUT2D eigenvalue weighted by atomic mass is 79.9. The quantitative estimate of drug-likeness (QED) is 0.475. The van der Waals surface area contributed by atoms with Crippen molar-refractivity contribution in [2.75, 3.05) is 25.1 Å². The first-order valence-electron chi connectivity index (χ1n) is 5.78. The van der Waals surface area contributed by atoms with Crippen molar-refractivity contribution >= 4 is 27.4 Å². The number of pyridine rings is 1. The lowest BCUT2D eigenvalue weighted by atomic mass is 10.4. The van der Waals surface area contributed by atoms with Crippen LogP contribution in [0.1, 0.15) is 12.8 Å². The van der Waals surface area contributed by atoms with Gasteiger partial charge in [0.15, 0.2) is 0 Å². The van der Waals surface area contributed by atoms with Gasteiger partial charge in [0.1, 0.15) is 0 Å². The van der Waals surface area contributed by atoms with Crippen molar-refractivity contribution in [2.45, 2.75) is 12.8 Å². The summed E-state index contributed by atoms with van der Waals surface area (Å²) in [7, 11) is 0.